The van der Waals surface area contributed by atoms with Crippen molar-refractivity contribution in [2.45, 2.75) is 13.0 Å². The van der Waals surface area contributed by atoms with E-state index in [0.717, 1.165) is 10.8 Å². The van der Waals surface area contributed by atoms with Gasteiger partial charge in [-0.25, -0.2) is 4.98 Å². The highest BCUT2D eigenvalue weighted by Crippen LogP contribution is 2.24. The predicted octanol–water partition coefficient (Wildman–Crippen LogP) is 3.19. The van der Waals surface area contributed by atoms with E-state index in [1.165, 1.54) is 6.20 Å². The summed E-state index contributed by atoms with van der Waals surface area (Å²) < 4.78 is 0. The number of halogens is 1. The Morgan fingerprint density at radius 3 is 2.78 bits per heavy atom. The molecule has 0 radical (unpaired) electrons. The quantitative estimate of drug-likeness (QED) is 0.680. The van der Waals surface area contributed by atoms with Gasteiger partial charge in [0.1, 0.15) is 5.15 Å². The van der Waals surface area contributed by atoms with E-state index in [-0.39, 0.29) is 11.9 Å². The number of benzene rings is 1. The number of hydrogen-bond acceptors (Lipinski definition) is 2. The van der Waals surface area contributed by atoms with Crippen molar-refractivity contribution in [2.24, 2.45) is 0 Å². The van der Waals surface area contributed by atoms with Gasteiger partial charge in [0.05, 0.1) is 5.56 Å². The molecule has 0 aliphatic carbocycles. The van der Waals surface area contributed by atoms with Crippen molar-refractivity contribution in [1.82, 2.24) is 10.3 Å². The number of fused-ring (bicyclic) bond motifs is 1. The second-order valence-electron chi connectivity index (χ2n) is 4.01. The fraction of sp³-hybridized carbons (Fsp3) is 0.143. The smallest absolute Gasteiger partial charge is 0.253 e. The minimum atomic E-state index is -0.178. The first-order valence-electron chi connectivity index (χ1n) is 5.60. The Morgan fingerprint density at radius 1 is 1.44 bits per heavy atom. The molecular formula is C14H13ClN2O. The number of carbonyl (C=O) groups excluding carboxylic acids is 1. The molecule has 1 unspecified atom stereocenters. The zero-order valence-electron chi connectivity index (χ0n) is 9.98. The van der Waals surface area contributed by atoms with Gasteiger partial charge < -0.3 is 5.32 Å². The van der Waals surface area contributed by atoms with Gasteiger partial charge in [-0.2, -0.15) is 0 Å². The molecule has 0 saturated carbocycles. The lowest BCUT2D eigenvalue weighted by Gasteiger charge is -2.11. The SMILES string of the molecule is C=CC(C)NC(=O)c1cnc(Cl)c2ccccc12. The first-order valence-corrected chi connectivity index (χ1v) is 5.98. The molecule has 1 heterocycles. The van der Waals surface area contributed by atoms with E-state index in [2.05, 4.69) is 16.9 Å². The van der Waals surface area contributed by atoms with Crippen LogP contribution in [0.3, 0.4) is 0 Å². The second kappa shape index (κ2) is 5.19. The van der Waals surface area contributed by atoms with E-state index >= 15 is 0 Å². The molecule has 0 bridgehead atoms. The van der Waals surface area contributed by atoms with E-state index in [1.807, 2.05) is 31.2 Å². The summed E-state index contributed by atoms with van der Waals surface area (Å²) in [6.07, 6.45) is 3.17. The molecule has 0 spiro atoms. The Balaban J connectivity index is 2.48. The molecule has 4 heteroatoms. The largest absolute Gasteiger partial charge is 0.346 e. The van der Waals surface area contributed by atoms with Gasteiger partial charge in [-0.15, -0.1) is 6.58 Å². The molecule has 1 aromatic carbocycles. The number of pyridine rings is 1. The summed E-state index contributed by atoms with van der Waals surface area (Å²) in [6, 6.07) is 7.34. The van der Waals surface area contributed by atoms with Crippen LogP contribution in [-0.2, 0) is 0 Å². The first kappa shape index (κ1) is 12.6. The average Bonchev–Trinajstić information content (AvgIpc) is 2.39. The van der Waals surface area contributed by atoms with Gasteiger partial charge >= 0.3 is 0 Å². The van der Waals surface area contributed by atoms with Crippen LogP contribution < -0.4 is 5.32 Å². The van der Waals surface area contributed by atoms with Crippen LogP contribution in [0.25, 0.3) is 10.8 Å². The van der Waals surface area contributed by atoms with Crippen LogP contribution in [0.5, 0.6) is 0 Å². The Labute approximate surface area is 110 Å². The molecule has 0 aliphatic rings. The summed E-state index contributed by atoms with van der Waals surface area (Å²) in [5, 5.41) is 4.79. The standard InChI is InChI=1S/C14H13ClN2O/c1-3-9(2)17-14(18)12-8-16-13(15)11-7-5-4-6-10(11)12/h3-9H,1H2,2H3,(H,17,18). The van der Waals surface area contributed by atoms with E-state index in [9.17, 15) is 4.79 Å². The molecule has 0 saturated heterocycles. The Morgan fingerprint density at radius 2 is 2.11 bits per heavy atom. The summed E-state index contributed by atoms with van der Waals surface area (Å²) in [6.45, 7) is 5.49. The summed E-state index contributed by atoms with van der Waals surface area (Å²) >= 11 is 6.01. The van der Waals surface area contributed by atoms with Crippen LogP contribution in [0.4, 0.5) is 0 Å². The maximum Gasteiger partial charge on any atom is 0.253 e. The van der Waals surface area contributed by atoms with Crippen LogP contribution >= 0.6 is 11.6 Å². The maximum atomic E-state index is 12.1. The number of nitrogens with one attached hydrogen (secondary N) is 1. The number of aromatic nitrogens is 1. The Kier molecular flexibility index (Phi) is 3.63. The number of hydrogen-bond donors (Lipinski definition) is 1. The van der Waals surface area contributed by atoms with E-state index in [0.29, 0.717) is 10.7 Å². The molecular weight excluding hydrogens is 248 g/mol. The second-order valence-corrected chi connectivity index (χ2v) is 4.36. The lowest BCUT2D eigenvalue weighted by Crippen LogP contribution is -2.31. The fourth-order valence-electron chi connectivity index (χ4n) is 1.68. The molecule has 18 heavy (non-hydrogen) atoms. The maximum absolute atomic E-state index is 12.1. The average molecular weight is 261 g/mol. The third-order valence-electron chi connectivity index (χ3n) is 2.70. The summed E-state index contributed by atoms with van der Waals surface area (Å²) in [5.41, 5.74) is 0.517. The van der Waals surface area contributed by atoms with Crippen molar-refractivity contribution in [3.05, 3.63) is 53.8 Å². The van der Waals surface area contributed by atoms with Gasteiger partial charge in [0.25, 0.3) is 5.91 Å². The van der Waals surface area contributed by atoms with Crippen molar-refractivity contribution < 1.29 is 4.79 Å². The van der Waals surface area contributed by atoms with E-state index < -0.39 is 0 Å². The molecule has 2 rings (SSSR count). The monoisotopic (exact) mass is 260 g/mol. The van der Waals surface area contributed by atoms with Gasteiger partial charge in [-0.05, 0) is 12.3 Å². The number of nitrogens with zero attached hydrogens (tertiary/aromatic N) is 1. The van der Waals surface area contributed by atoms with Gasteiger partial charge in [-0.1, -0.05) is 41.9 Å². The van der Waals surface area contributed by atoms with Gasteiger partial charge in [0.15, 0.2) is 0 Å². The highest BCUT2D eigenvalue weighted by Gasteiger charge is 2.13. The fourth-order valence-corrected chi connectivity index (χ4v) is 1.90. The molecule has 0 aliphatic heterocycles. The van der Waals surface area contributed by atoms with Crippen molar-refractivity contribution >= 4 is 28.3 Å². The summed E-state index contributed by atoms with van der Waals surface area (Å²) in [5.74, 6) is -0.178. The lowest BCUT2D eigenvalue weighted by molar-refractivity contribution is 0.0948. The minimum Gasteiger partial charge on any atom is -0.346 e. The van der Waals surface area contributed by atoms with Crippen molar-refractivity contribution in [3.63, 3.8) is 0 Å². The molecule has 2 aromatic rings. The van der Waals surface area contributed by atoms with Crippen molar-refractivity contribution in [2.75, 3.05) is 0 Å². The van der Waals surface area contributed by atoms with Crippen LogP contribution in [0.15, 0.2) is 43.1 Å². The zero-order chi connectivity index (χ0) is 13.1. The minimum absolute atomic E-state index is 0.0908. The van der Waals surface area contributed by atoms with Gasteiger partial charge in [-0.3, -0.25) is 4.79 Å². The molecule has 1 amide bonds. The Bertz CT molecular complexity index is 610. The number of amides is 1. The predicted molar refractivity (Wildman–Crippen MR) is 73.9 cm³/mol. The summed E-state index contributed by atoms with van der Waals surface area (Å²) in [7, 11) is 0. The normalized spacial score (nSPS) is 12.1. The van der Waals surface area contributed by atoms with Crippen molar-refractivity contribution in [1.29, 1.82) is 0 Å². The van der Waals surface area contributed by atoms with Crippen LogP contribution in [0, 0.1) is 0 Å². The van der Waals surface area contributed by atoms with E-state index in [1.54, 1.807) is 6.08 Å². The highest BCUT2D eigenvalue weighted by atomic mass is 35.5. The molecule has 0 fully saturated rings. The topological polar surface area (TPSA) is 42.0 Å². The third kappa shape index (κ3) is 2.36. The van der Waals surface area contributed by atoms with Crippen LogP contribution in [0.2, 0.25) is 5.15 Å². The number of carbonyl (C=O) groups is 1. The van der Waals surface area contributed by atoms with Gasteiger partial charge in [0, 0.05) is 17.6 Å². The van der Waals surface area contributed by atoms with Crippen molar-refractivity contribution in [3.8, 4) is 0 Å². The van der Waals surface area contributed by atoms with Gasteiger partial charge in [0.2, 0.25) is 0 Å². The molecule has 1 N–H and O–H groups in total. The summed E-state index contributed by atoms with van der Waals surface area (Å²) in [4.78, 5) is 16.1. The molecule has 3 nitrogen and oxygen atoms in total. The highest BCUT2D eigenvalue weighted by molar-refractivity contribution is 6.34. The first-order chi connectivity index (χ1) is 8.63. The number of rotatable bonds is 3. The molecule has 92 valence electrons. The molecule has 1 aromatic heterocycles. The molecule has 1 atom stereocenters. The van der Waals surface area contributed by atoms with Crippen LogP contribution in [-0.4, -0.2) is 16.9 Å². The zero-order valence-corrected chi connectivity index (χ0v) is 10.7. The lowest BCUT2D eigenvalue weighted by atomic mass is 10.1. The Hall–Kier alpha value is -1.87. The van der Waals surface area contributed by atoms with E-state index in [4.69, 9.17) is 11.6 Å². The third-order valence-corrected chi connectivity index (χ3v) is 3.00. The van der Waals surface area contributed by atoms with Crippen LogP contribution in [0.1, 0.15) is 17.3 Å².